The molecular weight excluding hydrogens is 210 g/mol. The lowest BCUT2D eigenvalue weighted by molar-refractivity contribution is 0.288. The monoisotopic (exact) mass is 231 g/mol. The molecule has 4 aliphatic carbocycles. The molecule has 4 rings (SSSR count). The van der Waals surface area contributed by atoms with Gasteiger partial charge in [0.05, 0.1) is 6.54 Å². The van der Waals surface area contributed by atoms with Crippen LogP contribution < -0.4 is 0 Å². The molecule has 0 amide bonds. The Morgan fingerprint density at radius 1 is 0.882 bits per heavy atom. The molecule has 0 heterocycles. The second kappa shape index (κ2) is 3.66. The van der Waals surface area contributed by atoms with Crippen LogP contribution in [0.4, 0.5) is 0 Å². The van der Waals surface area contributed by atoms with Crippen LogP contribution in [0.5, 0.6) is 0 Å². The molecule has 0 aromatic heterocycles. The lowest BCUT2D eigenvalue weighted by Gasteiger charge is -2.39. The molecule has 0 bridgehead atoms. The zero-order valence-corrected chi connectivity index (χ0v) is 10.4. The molecule has 0 N–H and O–H groups in total. The average molecular weight is 231 g/mol. The average Bonchev–Trinajstić information content (AvgIpc) is 2.91. The number of hydrogen-bond acceptors (Lipinski definition) is 2. The van der Waals surface area contributed by atoms with E-state index >= 15 is 0 Å². The van der Waals surface area contributed by atoms with E-state index in [1.807, 2.05) is 11.1 Å². The van der Waals surface area contributed by atoms with Gasteiger partial charge in [-0.1, -0.05) is 16.3 Å². The summed E-state index contributed by atoms with van der Waals surface area (Å²) in [6.07, 6.45) is 9.76. The highest BCUT2D eigenvalue weighted by Gasteiger charge is 2.49. The topological polar surface area (TPSA) is 29.4 Å². The molecular formula is C15H21NO. The van der Waals surface area contributed by atoms with E-state index in [1.165, 1.54) is 44.9 Å². The maximum Gasteiger partial charge on any atom is 0.0845 e. The maximum atomic E-state index is 10.6. The van der Waals surface area contributed by atoms with Crippen molar-refractivity contribution in [3.05, 3.63) is 16.1 Å². The van der Waals surface area contributed by atoms with Gasteiger partial charge >= 0.3 is 0 Å². The first-order valence-electron chi connectivity index (χ1n) is 7.41. The highest BCUT2D eigenvalue weighted by atomic mass is 16.3. The molecule has 2 heteroatoms. The van der Waals surface area contributed by atoms with Crippen molar-refractivity contribution in [3.8, 4) is 0 Å². The van der Waals surface area contributed by atoms with Gasteiger partial charge < -0.3 is 0 Å². The SMILES string of the molecule is O=NCC1CC2CCC3CCC4CCC1C4=C32. The van der Waals surface area contributed by atoms with Crippen LogP contribution in [0.15, 0.2) is 16.3 Å². The molecule has 17 heavy (non-hydrogen) atoms. The van der Waals surface area contributed by atoms with E-state index in [4.69, 9.17) is 0 Å². The number of nitrogens with zero attached hydrogens (tertiary/aromatic N) is 1. The first-order valence-corrected chi connectivity index (χ1v) is 7.41. The van der Waals surface area contributed by atoms with Crippen LogP contribution in [0.25, 0.3) is 0 Å². The first-order chi connectivity index (χ1) is 8.38. The maximum absolute atomic E-state index is 10.6. The van der Waals surface area contributed by atoms with Gasteiger partial charge in [0.15, 0.2) is 0 Å². The lowest BCUT2D eigenvalue weighted by Crippen LogP contribution is -2.30. The van der Waals surface area contributed by atoms with Crippen LogP contribution in [0.3, 0.4) is 0 Å². The van der Waals surface area contributed by atoms with Gasteiger partial charge in [0.25, 0.3) is 0 Å². The molecule has 4 aliphatic rings. The minimum absolute atomic E-state index is 0.579. The molecule has 5 atom stereocenters. The summed E-state index contributed by atoms with van der Waals surface area (Å²) in [5.74, 6) is 4.04. The fourth-order valence-corrected chi connectivity index (χ4v) is 5.53. The predicted octanol–water partition coefficient (Wildman–Crippen LogP) is 3.92. The summed E-state index contributed by atoms with van der Waals surface area (Å²) in [4.78, 5) is 10.6. The normalized spacial score (nSPS) is 47.2. The smallest absolute Gasteiger partial charge is 0.0845 e. The molecule has 2 saturated carbocycles. The van der Waals surface area contributed by atoms with E-state index in [0.29, 0.717) is 12.5 Å². The predicted molar refractivity (Wildman–Crippen MR) is 67.5 cm³/mol. The standard InChI is InChI=1S/C15H21NO/c17-16-8-12-7-11-4-3-9-1-2-10-5-6-13(12)15(10)14(9)11/h9-13H,1-8H2. The van der Waals surface area contributed by atoms with E-state index in [1.54, 1.807) is 0 Å². The second-order valence-corrected chi connectivity index (χ2v) is 6.65. The number of hydrogen-bond donors (Lipinski definition) is 0. The van der Waals surface area contributed by atoms with Crippen molar-refractivity contribution >= 4 is 0 Å². The van der Waals surface area contributed by atoms with Crippen molar-refractivity contribution in [1.29, 1.82) is 0 Å². The molecule has 0 aliphatic heterocycles. The van der Waals surface area contributed by atoms with Crippen LogP contribution in [0.1, 0.15) is 44.9 Å². The van der Waals surface area contributed by atoms with E-state index in [2.05, 4.69) is 5.18 Å². The van der Waals surface area contributed by atoms with Crippen LogP contribution in [-0.2, 0) is 0 Å². The summed E-state index contributed by atoms with van der Waals surface area (Å²) in [5, 5.41) is 3.22. The second-order valence-electron chi connectivity index (χ2n) is 6.65. The summed E-state index contributed by atoms with van der Waals surface area (Å²) in [6.45, 7) is 0.579. The summed E-state index contributed by atoms with van der Waals surface area (Å²) in [7, 11) is 0. The number of nitroso groups, excluding NO2 is 1. The Morgan fingerprint density at radius 2 is 1.53 bits per heavy atom. The van der Waals surface area contributed by atoms with Crippen molar-refractivity contribution in [2.75, 3.05) is 6.54 Å². The van der Waals surface area contributed by atoms with Crippen LogP contribution in [0.2, 0.25) is 0 Å². The minimum Gasteiger partial charge on any atom is -0.151 e. The molecule has 2 fully saturated rings. The van der Waals surface area contributed by atoms with Crippen LogP contribution >= 0.6 is 0 Å². The molecule has 5 unspecified atom stereocenters. The molecule has 0 aromatic carbocycles. The summed E-state index contributed by atoms with van der Waals surface area (Å²) >= 11 is 0. The fraction of sp³-hybridized carbons (Fsp3) is 0.867. The molecule has 2 nitrogen and oxygen atoms in total. The van der Waals surface area contributed by atoms with Gasteiger partial charge in [-0.2, -0.15) is 4.91 Å². The Bertz CT molecular complexity index is 386. The fourth-order valence-electron chi connectivity index (χ4n) is 5.53. The van der Waals surface area contributed by atoms with Gasteiger partial charge in [0.1, 0.15) is 0 Å². The summed E-state index contributed by atoms with van der Waals surface area (Å²) in [5.41, 5.74) is 3.74. The Kier molecular flexibility index (Phi) is 2.22. The Balaban J connectivity index is 1.78. The minimum atomic E-state index is 0.579. The third-order valence-electron chi connectivity index (χ3n) is 6.07. The lowest BCUT2D eigenvalue weighted by atomic mass is 9.66. The third-order valence-corrected chi connectivity index (χ3v) is 6.07. The molecule has 92 valence electrons. The van der Waals surface area contributed by atoms with Gasteiger partial charge in [-0.3, -0.25) is 0 Å². The quantitative estimate of drug-likeness (QED) is 0.523. The molecule has 0 aromatic rings. The molecule has 0 spiro atoms. The third kappa shape index (κ3) is 1.33. The van der Waals surface area contributed by atoms with Gasteiger partial charge in [-0.05, 0) is 74.5 Å². The van der Waals surface area contributed by atoms with Crippen molar-refractivity contribution in [2.45, 2.75) is 44.9 Å². The van der Waals surface area contributed by atoms with Gasteiger partial charge in [-0.15, -0.1) is 0 Å². The van der Waals surface area contributed by atoms with E-state index in [9.17, 15) is 4.91 Å². The van der Waals surface area contributed by atoms with Crippen LogP contribution in [0, 0.1) is 34.5 Å². The zero-order chi connectivity index (χ0) is 11.4. The Labute approximate surface area is 103 Å². The number of rotatable bonds is 2. The first kappa shape index (κ1) is 10.3. The summed E-state index contributed by atoms with van der Waals surface area (Å²) < 4.78 is 0. The van der Waals surface area contributed by atoms with Crippen molar-refractivity contribution in [2.24, 2.45) is 34.8 Å². The highest BCUT2D eigenvalue weighted by Crippen LogP contribution is 2.60. The highest BCUT2D eigenvalue weighted by molar-refractivity contribution is 5.35. The van der Waals surface area contributed by atoms with E-state index < -0.39 is 0 Å². The largest absolute Gasteiger partial charge is 0.151 e. The Hall–Kier alpha value is -0.660. The van der Waals surface area contributed by atoms with Crippen molar-refractivity contribution in [1.82, 2.24) is 0 Å². The zero-order valence-electron chi connectivity index (χ0n) is 10.4. The van der Waals surface area contributed by atoms with Crippen LogP contribution in [-0.4, -0.2) is 6.54 Å². The Morgan fingerprint density at radius 3 is 2.29 bits per heavy atom. The molecule has 0 radical (unpaired) electrons. The summed E-state index contributed by atoms with van der Waals surface area (Å²) in [6, 6.07) is 0. The number of allylic oxidation sites excluding steroid dienone is 2. The van der Waals surface area contributed by atoms with Gasteiger partial charge in [0, 0.05) is 0 Å². The molecule has 0 saturated heterocycles. The van der Waals surface area contributed by atoms with Crippen molar-refractivity contribution < 1.29 is 0 Å². The van der Waals surface area contributed by atoms with Gasteiger partial charge in [-0.25, -0.2) is 0 Å². The van der Waals surface area contributed by atoms with Crippen molar-refractivity contribution in [3.63, 3.8) is 0 Å². The van der Waals surface area contributed by atoms with Gasteiger partial charge in [0.2, 0.25) is 0 Å². The van der Waals surface area contributed by atoms with E-state index in [-0.39, 0.29) is 0 Å². The van der Waals surface area contributed by atoms with E-state index in [0.717, 1.165) is 23.7 Å².